The Morgan fingerprint density at radius 1 is 1.21 bits per heavy atom. The van der Waals surface area contributed by atoms with Crippen LogP contribution in [0.2, 0.25) is 0 Å². The number of carboxylic acids is 1. The zero-order chi connectivity index (χ0) is 13.7. The van der Waals surface area contributed by atoms with E-state index in [-0.39, 0.29) is 5.92 Å². The van der Waals surface area contributed by atoms with Crippen LogP contribution >= 0.6 is 0 Å². The molecule has 2 aliphatic rings. The highest BCUT2D eigenvalue weighted by Gasteiger charge is 2.25. The number of piperidine rings is 1. The van der Waals surface area contributed by atoms with E-state index >= 15 is 0 Å². The summed E-state index contributed by atoms with van der Waals surface area (Å²) in [5.41, 5.74) is 0. The van der Waals surface area contributed by atoms with Crippen LogP contribution in [0.1, 0.15) is 45.4 Å². The van der Waals surface area contributed by atoms with Crippen LogP contribution in [0.3, 0.4) is 0 Å². The molecular weight excluding hydrogens is 242 g/mol. The highest BCUT2D eigenvalue weighted by molar-refractivity contribution is 5.70. The van der Waals surface area contributed by atoms with Crippen molar-refractivity contribution in [3.8, 4) is 0 Å². The SMILES string of the molecule is CC1CCCCC1OCCN1CCC(C(=O)O)CC1. The number of carboxylic acid groups (broad SMARTS) is 1. The molecule has 0 aromatic rings. The molecule has 0 aromatic heterocycles. The summed E-state index contributed by atoms with van der Waals surface area (Å²) < 4.78 is 6.01. The van der Waals surface area contributed by atoms with E-state index in [0.717, 1.165) is 39.1 Å². The molecule has 0 bridgehead atoms. The van der Waals surface area contributed by atoms with Crippen LogP contribution in [0.15, 0.2) is 0 Å². The van der Waals surface area contributed by atoms with Gasteiger partial charge in [-0.1, -0.05) is 19.8 Å². The zero-order valence-electron chi connectivity index (χ0n) is 12.0. The lowest BCUT2D eigenvalue weighted by atomic mass is 9.88. The number of rotatable bonds is 5. The third-order valence-corrected chi connectivity index (χ3v) is 4.71. The predicted octanol–water partition coefficient (Wildman–Crippen LogP) is 2.38. The standard InChI is InChI=1S/C15H27NO3/c1-12-4-2-3-5-14(12)19-11-10-16-8-6-13(7-9-16)15(17)18/h12-14H,2-11H2,1H3,(H,17,18). The molecule has 4 nitrogen and oxygen atoms in total. The molecule has 2 unspecified atom stereocenters. The maximum absolute atomic E-state index is 10.9. The molecule has 2 fully saturated rings. The summed E-state index contributed by atoms with van der Waals surface area (Å²) in [5.74, 6) is -0.0611. The molecule has 19 heavy (non-hydrogen) atoms. The fraction of sp³-hybridized carbons (Fsp3) is 0.933. The van der Waals surface area contributed by atoms with Crippen LogP contribution in [0.25, 0.3) is 0 Å². The number of likely N-dealkylation sites (tertiary alicyclic amines) is 1. The van der Waals surface area contributed by atoms with Crippen LogP contribution < -0.4 is 0 Å². The van der Waals surface area contributed by atoms with Crippen molar-refractivity contribution in [1.82, 2.24) is 4.90 Å². The fourth-order valence-electron chi connectivity index (χ4n) is 3.27. The van der Waals surface area contributed by atoms with Gasteiger partial charge in [0.2, 0.25) is 0 Å². The van der Waals surface area contributed by atoms with Crippen molar-refractivity contribution in [1.29, 1.82) is 0 Å². The summed E-state index contributed by atoms with van der Waals surface area (Å²) in [5, 5.41) is 8.96. The average molecular weight is 269 g/mol. The van der Waals surface area contributed by atoms with Gasteiger partial charge in [0.15, 0.2) is 0 Å². The molecule has 1 aliphatic carbocycles. The first-order valence-electron chi connectivity index (χ1n) is 7.73. The van der Waals surface area contributed by atoms with Crippen molar-refractivity contribution in [3.05, 3.63) is 0 Å². The molecule has 2 atom stereocenters. The minimum Gasteiger partial charge on any atom is -0.481 e. The smallest absolute Gasteiger partial charge is 0.306 e. The number of nitrogens with zero attached hydrogens (tertiary/aromatic N) is 1. The topological polar surface area (TPSA) is 49.8 Å². The molecule has 1 aliphatic heterocycles. The van der Waals surface area contributed by atoms with Crippen LogP contribution in [0, 0.1) is 11.8 Å². The van der Waals surface area contributed by atoms with Gasteiger partial charge in [-0.3, -0.25) is 4.79 Å². The highest BCUT2D eigenvalue weighted by atomic mass is 16.5. The number of hydrogen-bond donors (Lipinski definition) is 1. The van der Waals surface area contributed by atoms with Gasteiger partial charge in [0.25, 0.3) is 0 Å². The first kappa shape index (κ1) is 14.8. The Balaban J connectivity index is 1.60. The third-order valence-electron chi connectivity index (χ3n) is 4.71. The second kappa shape index (κ2) is 7.25. The summed E-state index contributed by atoms with van der Waals surface area (Å²) in [4.78, 5) is 13.2. The van der Waals surface area contributed by atoms with Gasteiger partial charge in [0, 0.05) is 6.54 Å². The number of hydrogen-bond acceptors (Lipinski definition) is 3. The second-order valence-electron chi connectivity index (χ2n) is 6.13. The lowest BCUT2D eigenvalue weighted by Crippen LogP contribution is -2.39. The monoisotopic (exact) mass is 269 g/mol. The molecule has 4 heteroatoms. The Labute approximate surface area is 116 Å². The summed E-state index contributed by atoms with van der Waals surface area (Å²) in [6.07, 6.45) is 7.19. The number of aliphatic carboxylic acids is 1. The van der Waals surface area contributed by atoms with Gasteiger partial charge < -0.3 is 14.7 Å². The summed E-state index contributed by atoms with van der Waals surface area (Å²) >= 11 is 0. The zero-order valence-corrected chi connectivity index (χ0v) is 12.0. The Kier molecular flexibility index (Phi) is 5.64. The first-order valence-corrected chi connectivity index (χ1v) is 7.73. The summed E-state index contributed by atoms with van der Waals surface area (Å²) in [6, 6.07) is 0. The molecule has 0 amide bonds. The van der Waals surface area contributed by atoms with Crippen molar-refractivity contribution >= 4 is 5.97 Å². The molecule has 0 spiro atoms. The van der Waals surface area contributed by atoms with Crippen LogP contribution in [0.5, 0.6) is 0 Å². The van der Waals surface area contributed by atoms with E-state index in [0.29, 0.717) is 12.0 Å². The molecule has 1 heterocycles. The largest absolute Gasteiger partial charge is 0.481 e. The Bertz CT molecular complexity index is 287. The van der Waals surface area contributed by atoms with Crippen LogP contribution in [-0.2, 0) is 9.53 Å². The van der Waals surface area contributed by atoms with E-state index in [1.807, 2.05) is 0 Å². The van der Waals surface area contributed by atoms with E-state index in [1.165, 1.54) is 25.7 Å². The summed E-state index contributed by atoms with van der Waals surface area (Å²) in [7, 11) is 0. The molecule has 110 valence electrons. The maximum Gasteiger partial charge on any atom is 0.306 e. The van der Waals surface area contributed by atoms with Gasteiger partial charge in [-0.15, -0.1) is 0 Å². The van der Waals surface area contributed by atoms with E-state index in [1.54, 1.807) is 0 Å². The molecular formula is C15H27NO3. The highest BCUT2D eigenvalue weighted by Crippen LogP contribution is 2.26. The Morgan fingerprint density at radius 3 is 2.53 bits per heavy atom. The van der Waals surface area contributed by atoms with Gasteiger partial charge in [0.1, 0.15) is 0 Å². The Morgan fingerprint density at radius 2 is 1.89 bits per heavy atom. The molecule has 1 saturated heterocycles. The van der Waals surface area contributed by atoms with E-state index < -0.39 is 5.97 Å². The normalized spacial score (nSPS) is 30.4. The number of carbonyl (C=O) groups is 1. The minimum absolute atomic E-state index is 0.129. The van der Waals surface area contributed by atoms with Gasteiger partial charge in [0.05, 0.1) is 18.6 Å². The van der Waals surface area contributed by atoms with Crippen molar-refractivity contribution in [2.45, 2.75) is 51.6 Å². The van der Waals surface area contributed by atoms with Crippen molar-refractivity contribution in [3.63, 3.8) is 0 Å². The Hall–Kier alpha value is -0.610. The van der Waals surface area contributed by atoms with Gasteiger partial charge in [-0.05, 0) is 44.7 Å². The molecule has 2 rings (SSSR count). The second-order valence-corrected chi connectivity index (χ2v) is 6.13. The molecule has 0 aromatic carbocycles. The van der Waals surface area contributed by atoms with Crippen molar-refractivity contribution in [2.75, 3.05) is 26.2 Å². The molecule has 1 saturated carbocycles. The fourth-order valence-corrected chi connectivity index (χ4v) is 3.27. The minimum atomic E-state index is -0.632. The molecule has 1 N–H and O–H groups in total. The van der Waals surface area contributed by atoms with Crippen LogP contribution in [0.4, 0.5) is 0 Å². The van der Waals surface area contributed by atoms with E-state index in [2.05, 4.69) is 11.8 Å². The molecule has 0 radical (unpaired) electrons. The van der Waals surface area contributed by atoms with Gasteiger partial charge in [-0.25, -0.2) is 0 Å². The predicted molar refractivity (Wildman–Crippen MR) is 74.2 cm³/mol. The van der Waals surface area contributed by atoms with Crippen molar-refractivity contribution < 1.29 is 14.6 Å². The lowest BCUT2D eigenvalue weighted by molar-refractivity contribution is -0.143. The maximum atomic E-state index is 10.9. The van der Waals surface area contributed by atoms with Gasteiger partial charge >= 0.3 is 5.97 Å². The van der Waals surface area contributed by atoms with Crippen molar-refractivity contribution in [2.24, 2.45) is 11.8 Å². The van der Waals surface area contributed by atoms with Crippen LogP contribution in [-0.4, -0.2) is 48.3 Å². The third kappa shape index (κ3) is 4.46. The van der Waals surface area contributed by atoms with E-state index in [4.69, 9.17) is 9.84 Å². The van der Waals surface area contributed by atoms with Gasteiger partial charge in [-0.2, -0.15) is 0 Å². The first-order chi connectivity index (χ1) is 9.16. The van der Waals surface area contributed by atoms with E-state index in [9.17, 15) is 4.79 Å². The number of ether oxygens (including phenoxy) is 1. The average Bonchev–Trinajstić information content (AvgIpc) is 2.41. The lowest BCUT2D eigenvalue weighted by Gasteiger charge is -2.32. The summed E-state index contributed by atoms with van der Waals surface area (Å²) in [6.45, 7) is 5.85. The quantitative estimate of drug-likeness (QED) is 0.832.